The van der Waals surface area contributed by atoms with Crippen LogP contribution < -0.4 is 15.2 Å². The molecule has 0 spiro atoms. The summed E-state index contributed by atoms with van der Waals surface area (Å²) >= 11 is 0. The number of ether oxygens (including phenoxy) is 2. The molecule has 6 nitrogen and oxygen atoms in total. The van der Waals surface area contributed by atoms with E-state index >= 15 is 0 Å². The molecule has 2 aromatic rings. The van der Waals surface area contributed by atoms with Crippen LogP contribution in [0.3, 0.4) is 0 Å². The molecule has 2 N–H and O–H groups in total. The van der Waals surface area contributed by atoms with E-state index in [1.807, 2.05) is 0 Å². The smallest absolute Gasteiger partial charge is 0.387 e. The molecule has 0 fully saturated rings. The molecule has 154 valence electrons. The van der Waals surface area contributed by atoms with E-state index in [-0.39, 0.29) is 17.1 Å². The van der Waals surface area contributed by atoms with Crippen LogP contribution >= 0.6 is 0 Å². The van der Waals surface area contributed by atoms with Crippen LogP contribution in [0.5, 0.6) is 11.5 Å². The number of methoxy groups -OCH3 is 1. The summed E-state index contributed by atoms with van der Waals surface area (Å²) in [5.74, 6) is -2.06. The molecule has 1 atom stereocenters. The zero-order valence-electron chi connectivity index (χ0n) is 15.6. The lowest BCUT2D eigenvalue weighted by atomic mass is 10.0. The van der Waals surface area contributed by atoms with Gasteiger partial charge in [0.1, 0.15) is 11.9 Å². The van der Waals surface area contributed by atoms with E-state index in [1.54, 1.807) is 0 Å². The van der Waals surface area contributed by atoms with Crippen molar-refractivity contribution >= 4 is 17.9 Å². The molecule has 0 saturated carbocycles. The molecule has 9 heteroatoms. The summed E-state index contributed by atoms with van der Waals surface area (Å²) < 4.78 is 47.6. The highest BCUT2D eigenvalue weighted by molar-refractivity contribution is 5.95. The highest BCUT2D eigenvalue weighted by atomic mass is 19.3. The van der Waals surface area contributed by atoms with Crippen LogP contribution in [0.1, 0.15) is 17.2 Å². The van der Waals surface area contributed by atoms with Gasteiger partial charge in [-0.2, -0.15) is 8.78 Å². The molecule has 0 aliphatic carbocycles. The number of rotatable bonds is 8. The van der Waals surface area contributed by atoms with Crippen molar-refractivity contribution in [3.8, 4) is 11.5 Å². The summed E-state index contributed by atoms with van der Waals surface area (Å²) in [6.45, 7) is -3.01. The number of benzene rings is 2. The van der Waals surface area contributed by atoms with Crippen molar-refractivity contribution in [2.45, 2.75) is 12.7 Å². The minimum absolute atomic E-state index is 0.0584. The third kappa shape index (κ3) is 5.74. The number of carbonyl (C=O) groups excluding carboxylic acids is 2. The van der Waals surface area contributed by atoms with Gasteiger partial charge in [0.15, 0.2) is 11.5 Å². The van der Waals surface area contributed by atoms with Crippen molar-refractivity contribution in [2.24, 2.45) is 5.73 Å². The number of hydrogen-bond acceptors (Lipinski definition) is 4. The SMILES string of the molecule is COc1cc(/C=C/C(=O)N(C)C(C(N)=O)c2cccc(F)c2)ccc1OC(F)F. The van der Waals surface area contributed by atoms with Gasteiger partial charge in [-0.3, -0.25) is 9.59 Å². The number of hydrogen-bond donors (Lipinski definition) is 1. The van der Waals surface area contributed by atoms with Crippen molar-refractivity contribution < 1.29 is 32.2 Å². The number of nitrogens with two attached hydrogens (primary N) is 1. The summed E-state index contributed by atoms with van der Waals surface area (Å²) in [4.78, 5) is 25.4. The van der Waals surface area contributed by atoms with E-state index in [0.29, 0.717) is 5.56 Å². The quantitative estimate of drug-likeness (QED) is 0.681. The molecule has 2 amide bonds. The molecule has 2 rings (SSSR count). The Labute approximate surface area is 165 Å². The Morgan fingerprint density at radius 3 is 2.45 bits per heavy atom. The fraction of sp³-hybridized carbons (Fsp3) is 0.200. The summed E-state index contributed by atoms with van der Waals surface area (Å²) in [6, 6.07) is 8.18. The molecule has 0 saturated heterocycles. The van der Waals surface area contributed by atoms with Gasteiger partial charge in [0.05, 0.1) is 7.11 Å². The zero-order chi connectivity index (χ0) is 21.6. The Morgan fingerprint density at radius 1 is 1.14 bits per heavy atom. The first-order chi connectivity index (χ1) is 13.7. The van der Waals surface area contributed by atoms with Crippen molar-refractivity contribution in [3.63, 3.8) is 0 Å². The predicted octanol–water partition coefficient (Wildman–Crippen LogP) is 3.13. The first kappa shape index (κ1) is 21.8. The Morgan fingerprint density at radius 2 is 1.86 bits per heavy atom. The molecule has 1 unspecified atom stereocenters. The molecule has 0 radical (unpaired) electrons. The molecule has 2 aromatic carbocycles. The third-order valence-corrected chi connectivity index (χ3v) is 3.99. The topological polar surface area (TPSA) is 81.9 Å². The molecular formula is C20H19F3N2O4. The number of amides is 2. The lowest BCUT2D eigenvalue weighted by Crippen LogP contribution is -2.38. The molecule has 29 heavy (non-hydrogen) atoms. The molecular weight excluding hydrogens is 389 g/mol. The van der Waals surface area contributed by atoms with E-state index < -0.39 is 30.3 Å². The number of carbonyl (C=O) groups is 2. The average molecular weight is 408 g/mol. The molecule has 0 bridgehead atoms. The maximum absolute atomic E-state index is 13.5. The van der Waals surface area contributed by atoms with E-state index in [2.05, 4.69) is 4.74 Å². The van der Waals surface area contributed by atoms with Crippen molar-refractivity contribution in [1.82, 2.24) is 4.90 Å². The minimum Gasteiger partial charge on any atom is -0.493 e. The van der Waals surface area contributed by atoms with Crippen LogP contribution in [0.25, 0.3) is 6.08 Å². The van der Waals surface area contributed by atoms with E-state index in [4.69, 9.17) is 10.5 Å². The van der Waals surface area contributed by atoms with Gasteiger partial charge in [-0.15, -0.1) is 0 Å². The number of halogens is 3. The Bertz CT molecular complexity index is 918. The second-order valence-corrected chi connectivity index (χ2v) is 5.93. The highest BCUT2D eigenvalue weighted by Gasteiger charge is 2.26. The monoisotopic (exact) mass is 408 g/mol. The molecule has 0 aromatic heterocycles. The summed E-state index contributed by atoms with van der Waals surface area (Å²) in [5, 5.41) is 0. The Kier molecular flexibility index (Phi) is 7.24. The first-order valence-electron chi connectivity index (χ1n) is 8.35. The Hall–Kier alpha value is -3.49. The number of alkyl halides is 2. The fourth-order valence-electron chi connectivity index (χ4n) is 2.65. The van der Waals surface area contributed by atoms with Crippen LogP contribution in [0, 0.1) is 5.82 Å². The zero-order valence-corrected chi connectivity index (χ0v) is 15.6. The minimum atomic E-state index is -3.01. The molecule has 0 aliphatic rings. The summed E-state index contributed by atoms with van der Waals surface area (Å²) in [5.41, 5.74) is 6.09. The van der Waals surface area contributed by atoms with Crippen molar-refractivity contribution in [2.75, 3.05) is 14.2 Å². The van der Waals surface area contributed by atoms with Gasteiger partial charge in [0.2, 0.25) is 11.8 Å². The van der Waals surface area contributed by atoms with Gasteiger partial charge in [0.25, 0.3) is 0 Å². The maximum Gasteiger partial charge on any atom is 0.387 e. The first-order valence-corrected chi connectivity index (χ1v) is 8.35. The van der Waals surface area contributed by atoms with Crippen LogP contribution in [0.2, 0.25) is 0 Å². The van der Waals surface area contributed by atoms with E-state index in [0.717, 1.165) is 17.0 Å². The van der Waals surface area contributed by atoms with E-state index in [9.17, 15) is 22.8 Å². The van der Waals surface area contributed by atoms with Gasteiger partial charge in [-0.05, 0) is 41.5 Å². The van der Waals surface area contributed by atoms with Crippen LogP contribution in [-0.2, 0) is 9.59 Å². The van der Waals surface area contributed by atoms with E-state index in [1.165, 1.54) is 56.6 Å². The number of nitrogens with zero attached hydrogens (tertiary/aromatic N) is 1. The molecule has 0 aliphatic heterocycles. The van der Waals surface area contributed by atoms with Gasteiger partial charge >= 0.3 is 6.61 Å². The number of likely N-dealkylation sites (N-methyl/N-ethyl adjacent to an activating group) is 1. The van der Waals surface area contributed by atoms with Crippen LogP contribution in [0.4, 0.5) is 13.2 Å². The normalized spacial score (nSPS) is 12.1. The Balaban J connectivity index is 2.21. The predicted molar refractivity (Wildman–Crippen MR) is 99.8 cm³/mol. The van der Waals surface area contributed by atoms with Crippen LogP contribution in [-0.4, -0.2) is 37.5 Å². The summed E-state index contributed by atoms with van der Waals surface area (Å²) in [7, 11) is 2.64. The number of primary amides is 1. The largest absolute Gasteiger partial charge is 0.493 e. The lowest BCUT2D eigenvalue weighted by molar-refractivity contribution is -0.134. The van der Waals surface area contributed by atoms with Crippen molar-refractivity contribution in [1.29, 1.82) is 0 Å². The third-order valence-electron chi connectivity index (χ3n) is 3.99. The average Bonchev–Trinajstić information content (AvgIpc) is 2.66. The van der Waals surface area contributed by atoms with Crippen LogP contribution in [0.15, 0.2) is 48.5 Å². The summed E-state index contributed by atoms with van der Waals surface area (Å²) in [6.07, 6.45) is 2.56. The second-order valence-electron chi connectivity index (χ2n) is 5.93. The van der Waals surface area contributed by atoms with Gasteiger partial charge in [-0.1, -0.05) is 18.2 Å². The van der Waals surface area contributed by atoms with Gasteiger partial charge < -0.3 is 20.1 Å². The highest BCUT2D eigenvalue weighted by Crippen LogP contribution is 2.30. The second kappa shape index (κ2) is 9.63. The maximum atomic E-state index is 13.5. The van der Waals surface area contributed by atoms with Gasteiger partial charge in [-0.25, -0.2) is 4.39 Å². The van der Waals surface area contributed by atoms with Gasteiger partial charge in [0, 0.05) is 13.1 Å². The lowest BCUT2D eigenvalue weighted by Gasteiger charge is -2.25. The van der Waals surface area contributed by atoms with Crippen molar-refractivity contribution in [3.05, 3.63) is 65.5 Å². The fourth-order valence-corrected chi connectivity index (χ4v) is 2.65. The standard InChI is InChI=1S/C20H19F3N2O4/c1-25(18(19(24)27)13-4-3-5-14(21)11-13)17(26)9-7-12-6-8-15(29-20(22)23)16(10-12)28-2/h3-11,18,20H,1-2H3,(H2,24,27)/b9-7+. The molecule has 0 heterocycles.